The van der Waals surface area contributed by atoms with E-state index >= 15 is 0 Å². The molecule has 1 fully saturated rings. The maximum atomic E-state index is 6.01. The second kappa shape index (κ2) is 3.77. The first-order valence-corrected chi connectivity index (χ1v) is 4.93. The van der Waals surface area contributed by atoms with E-state index in [2.05, 4.69) is 25.7 Å². The van der Waals surface area contributed by atoms with Crippen LogP contribution in [-0.4, -0.2) is 29.4 Å². The molecule has 0 bridgehead atoms. The Kier molecular flexibility index (Phi) is 3.20. The molecule has 0 radical (unpaired) electrons. The highest BCUT2D eigenvalue weighted by Gasteiger charge is 2.25. The van der Waals surface area contributed by atoms with Crippen LogP contribution in [0.2, 0.25) is 0 Å². The molecule has 2 unspecified atom stereocenters. The van der Waals surface area contributed by atoms with E-state index in [-0.39, 0.29) is 0 Å². The first kappa shape index (κ1) is 9.34. The number of likely N-dealkylation sites (tertiary alicyclic amines) is 1. The highest BCUT2D eigenvalue weighted by Crippen LogP contribution is 2.20. The minimum absolute atomic E-state index is 0.399. The van der Waals surface area contributed by atoms with E-state index in [9.17, 15) is 0 Å². The van der Waals surface area contributed by atoms with Crippen molar-refractivity contribution in [3.63, 3.8) is 0 Å². The predicted molar refractivity (Wildman–Crippen MR) is 50.1 cm³/mol. The molecule has 0 amide bonds. The van der Waals surface area contributed by atoms with Gasteiger partial charge in [0.25, 0.3) is 0 Å². The highest BCUT2D eigenvalue weighted by molar-refractivity contribution is 6.20. The Balaban J connectivity index is 2.36. The van der Waals surface area contributed by atoms with Gasteiger partial charge in [0.2, 0.25) is 0 Å². The molecule has 0 saturated carbocycles. The summed E-state index contributed by atoms with van der Waals surface area (Å²) in [6, 6.07) is 0.693. The van der Waals surface area contributed by atoms with Crippen molar-refractivity contribution in [3.05, 3.63) is 0 Å². The normalized spacial score (nSPS) is 29.7. The van der Waals surface area contributed by atoms with Crippen LogP contribution in [0.3, 0.4) is 0 Å². The molecular formula is C9H18ClN. The Morgan fingerprint density at radius 1 is 1.36 bits per heavy atom. The van der Waals surface area contributed by atoms with E-state index in [0.717, 1.165) is 12.5 Å². The maximum Gasteiger partial charge on any atom is 0.0475 e. The average molecular weight is 176 g/mol. The van der Waals surface area contributed by atoms with Gasteiger partial charge in [-0.3, -0.25) is 4.90 Å². The van der Waals surface area contributed by atoms with Crippen molar-refractivity contribution in [2.45, 2.75) is 38.6 Å². The summed E-state index contributed by atoms with van der Waals surface area (Å²) in [5.41, 5.74) is 0. The third-order valence-corrected chi connectivity index (χ3v) is 3.06. The summed E-state index contributed by atoms with van der Waals surface area (Å²) in [5, 5.41) is 0.399. The average Bonchev–Trinajstić information content (AvgIpc) is 2.34. The summed E-state index contributed by atoms with van der Waals surface area (Å²) in [6.07, 6.45) is 1.17. The van der Waals surface area contributed by atoms with Gasteiger partial charge < -0.3 is 0 Å². The van der Waals surface area contributed by atoms with Crippen LogP contribution in [0.5, 0.6) is 0 Å². The topological polar surface area (TPSA) is 3.24 Å². The molecule has 11 heavy (non-hydrogen) atoms. The largest absolute Gasteiger partial charge is 0.299 e. The minimum atomic E-state index is 0.399. The Morgan fingerprint density at radius 2 is 2.00 bits per heavy atom. The first-order chi connectivity index (χ1) is 5.11. The lowest BCUT2D eigenvalue weighted by Crippen LogP contribution is -2.34. The summed E-state index contributed by atoms with van der Waals surface area (Å²) in [5.74, 6) is 0.747. The smallest absolute Gasteiger partial charge is 0.0475 e. The van der Waals surface area contributed by atoms with Gasteiger partial charge in [0.1, 0.15) is 0 Å². The van der Waals surface area contributed by atoms with E-state index in [1.807, 2.05) is 0 Å². The fraction of sp³-hybridized carbons (Fsp3) is 1.00. The van der Waals surface area contributed by atoms with Crippen LogP contribution in [-0.2, 0) is 0 Å². The van der Waals surface area contributed by atoms with Crippen molar-refractivity contribution in [3.8, 4) is 0 Å². The van der Waals surface area contributed by atoms with Crippen LogP contribution in [0.25, 0.3) is 0 Å². The molecule has 1 nitrogen and oxygen atoms in total. The number of nitrogens with zero attached hydrogens (tertiary/aromatic N) is 1. The molecule has 0 aromatic heterocycles. The molecule has 2 atom stereocenters. The zero-order valence-corrected chi connectivity index (χ0v) is 8.43. The van der Waals surface area contributed by atoms with Gasteiger partial charge >= 0.3 is 0 Å². The highest BCUT2D eigenvalue weighted by atomic mass is 35.5. The van der Waals surface area contributed by atoms with Crippen LogP contribution in [0, 0.1) is 5.92 Å². The SMILES string of the molecule is CC(C)C(C)N1CCC(Cl)C1. The molecule has 0 aliphatic carbocycles. The Hall–Kier alpha value is 0.250. The van der Waals surface area contributed by atoms with Crippen LogP contribution >= 0.6 is 11.6 Å². The van der Waals surface area contributed by atoms with Crippen molar-refractivity contribution in [2.75, 3.05) is 13.1 Å². The molecule has 0 spiro atoms. The fourth-order valence-electron chi connectivity index (χ4n) is 1.53. The summed E-state index contributed by atoms with van der Waals surface area (Å²) in [7, 11) is 0. The van der Waals surface area contributed by atoms with Crippen LogP contribution in [0.15, 0.2) is 0 Å². The van der Waals surface area contributed by atoms with E-state index in [1.54, 1.807) is 0 Å². The van der Waals surface area contributed by atoms with Gasteiger partial charge in [0.05, 0.1) is 0 Å². The van der Waals surface area contributed by atoms with Crippen molar-refractivity contribution in [1.82, 2.24) is 4.90 Å². The van der Waals surface area contributed by atoms with Gasteiger partial charge in [-0.25, -0.2) is 0 Å². The molecular weight excluding hydrogens is 158 g/mol. The lowest BCUT2D eigenvalue weighted by Gasteiger charge is -2.26. The van der Waals surface area contributed by atoms with Gasteiger partial charge in [0.15, 0.2) is 0 Å². The van der Waals surface area contributed by atoms with Crippen molar-refractivity contribution in [1.29, 1.82) is 0 Å². The standard InChI is InChI=1S/C9H18ClN/c1-7(2)8(3)11-5-4-9(10)6-11/h7-9H,4-6H2,1-3H3. The molecule has 0 N–H and O–H groups in total. The van der Waals surface area contributed by atoms with Crippen molar-refractivity contribution >= 4 is 11.6 Å². The number of alkyl halides is 1. The molecule has 2 heteroatoms. The van der Waals surface area contributed by atoms with Gasteiger partial charge in [-0.15, -0.1) is 11.6 Å². The number of rotatable bonds is 2. The Labute approximate surface area is 74.7 Å². The van der Waals surface area contributed by atoms with Gasteiger partial charge in [-0.2, -0.15) is 0 Å². The molecule has 1 saturated heterocycles. The van der Waals surface area contributed by atoms with Crippen molar-refractivity contribution < 1.29 is 0 Å². The lowest BCUT2D eigenvalue weighted by atomic mass is 10.1. The third-order valence-electron chi connectivity index (χ3n) is 2.70. The second-order valence-electron chi connectivity index (χ2n) is 3.87. The fourth-order valence-corrected chi connectivity index (χ4v) is 1.81. The molecule has 1 aliphatic rings. The molecule has 1 aliphatic heterocycles. The first-order valence-electron chi connectivity index (χ1n) is 4.49. The van der Waals surface area contributed by atoms with E-state index in [4.69, 9.17) is 11.6 Å². The number of halogens is 1. The number of hydrogen-bond acceptors (Lipinski definition) is 1. The Morgan fingerprint density at radius 3 is 2.36 bits per heavy atom. The molecule has 1 rings (SSSR count). The lowest BCUT2D eigenvalue weighted by molar-refractivity contribution is 0.208. The van der Waals surface area contributed by atoms with Gasteiger partial charge in [-0.05, 0) is 25.8 Å². The number of hydrogen-bond donors (Lipinski definition) is 0. The molecule has 0 aromatic carbocycles. The van der Waals surface area contributed by atoms with Crippen LogP contribution in [0.1, 0.15) is 27.2 Å². The van der Waals surface area contributed by atoms with Gasteiger partial charge in [0, 0.05) is 18.0 Å². The third kappa shape index (κ3) is 2.34. The predicted octanol–water partition coefficient (Wildman–Crippen LogP) is 2.34. The Bertz CT molecular complexity index is 125. The summed E-state index contributed by atoms with van der Waals surface area (Å²) >= 11 is 6.01. The zero-order chi connectivity index (χ0) is 8.43. The molecule has 1 heterocycles. The van der Waals surface area contributed by atoms with E-state index in [0.29, 0.717) is 11.4 Å². The molecule has 66 valence electrons. The summed E-state index contributed by atoms with van der Waals surface area (Å²) < 4.78 is 0. The summed E-state index contributed by atoms with van der Waals surface area (Å²) in [6.45, 7) is 9.10. The second-order valence-corrected chi connectivity index (χ2v) is 4.48. The maximum absolute atomic E-state index is 6.01. The van der Waals surface area contributed by atoms with Crippen LogP contribution < -0.4 is 0 Å². The minimum Gasteiger partial charge on any atom is -0.299 e. The van der Waals surface area contributed by atoms with Crippen LogP contribution in [0.4, 0.5) is 0 Å². The zero-order valence-electron chi connectivity index (χ0n) is 7.68. The molecule has 0 aromatic rings. The van der Waals surface area contributed by atoms with E-state index < -0.39 is 0 Å². The summed E-state index contributed by atoms with van der Waals surface area (Å²) in [4.78, 5) is 2.49. The quantitative estimate of drug-likeness (QED) is 0.583. The van der Waals surface area contributed by atoms with E-state index in [1.165, 1.54) is 13.0 Å². The van der Waals surface area contributed by atoms with Crippen molar-refractivity contribution in [2.24, 2.45) is 5.92 Å². The van der Waals surface area contributed by atoms with Gasteiger partial charge in [-0.1, -0.05) is 13.8 Å². The monoisotopic (exact) mass is 175 g/mol.